The van der Waals surface area contributed by atoms with Gasteiger partial charge in [-0.15, -0.1) is 5.10 Å². The average molecular weight is 156 g/mol. The Morgan fingerprint density at radius 2 is 2.27 bits per heavy atom. The Labute approximate surface area is 65.4 Å². The lowest BCUT2D eigenvalue weighted by Gasteiger charge is -2.22. The Hall–Kier alpha value is -0.970. The van der Waals surface area contributed by atoms with Crippen molar-refractivity contribution in [2.45, 2.75) is 19.4 Å². The molecular formula is C6H12N4O. The minimum Gasteiger partial charge on any atom is -0.382 e. The molecule has 1 aromatic rings. The van der Waals surface area contributed by atoms with Gasteiger partial charge in [-0.2, -0.15) is 0 Å². The van der Waals surface area contributed by atoms with Crippen molar-refractivity contribution in [3.05, 3.63) is 6.33 Å². The SMILES string of the molecule is COCC(C)(C)n1cnnn1. The van der Waals surface area contributed by atoms with Gasteiger partial charge in [0.05, 0.1) is 12.1 Å². The summed E-state index contributed by atoms with van der Waals surface area (Å²) < 4.78 is 6.69. The first-order valence-electron chi connectivity index (χ1n) is 3.39. The van der Waals surface area contributed by atoms with Crippen LogP contribution < -0.4 is 0 Å². The van der Waals surface area contributed by atoms with Gasteiger partial charge in [0.2, 0.25) is 0 Å². The minimum absolute atomic E-state index is 0.168. The van der Waals surface area contributed by atoms with Crippen LogP contribution in [-0.4, -0.2) is 33.9 Å². The fourth-order valence-electron chi connectivity index (χ4n) is 0.858. The summed E-state index contributed by atoms with van der Waals surface area (Å²) in [6.45, 7) is 4.61. The van der Waals surface area contributed by atoms with E-state index in [1.807, 2.05) is 13.8 Å². The Bertz CT molecular complexity index is 206. The van der Waals surface area contributed by atoms with Gasteiger partial charge in [0.25, 0.3) is 0 Å². The molecule has 5 heteroatoms. The summed E-state index contributed by atoms with van der Waals surface area (Å²) >= 11 is 0. The average Bonchev–Trinajstić information content (AvgIpc) is 2.37. The third kappa shape index (κ3) is 1.74. The van der Waals surface area contributed by atoms with Crippen LogP contribution in [0, 0.1) is 0 Å². The van der Waals surface area contributed by atoms with Crippen LogP contribution in [0.3, 0.4) is 0 Å². The summed E-state index contributed by atoms with van der Waals surface area (Å²) in [7, 11) is 1.66. The van der Waals surface area contributed by atoms with E-state index in [0.717, 1.165) is 0 Å². The van der Waals surface area contributed by atoms with Gasteiger partial charge in [0.15, 0.2) is 0 Å². The second-order valence-corrected chi connectivity index (χ2v) is 3.00. The molecule has 0 bridgehead atoms. The first-order chi connectivity index (χ1) is 5.17. The third-order valence-electron chi connectivity index (χ3n) is 1.47. The summed E-state index contributed by atoms with van der Waals surface area (Å²) in [5.41, 5.74) is -0.168. The maximum absolute atomic E-state index is 5.01. The van der Waals surface area contributed by atoms with E-state index in [1.165, 1.54) is 0 Å². The molecule has 0 aliphatic heterocycles. The largest absolute Gasteiger partial charge is 0.382 e. The molecule has 0 aliphatic carbocycles. The minimum atomic E-state index is -0.168. The van der Waals surface area contributed by atoms with Crippen LogP contribution >= 0.6 is 0 Å². The quantitative estimate of drug-likeness (QED) is 0.620. The van der Waals surface area contributed by atoms with E-state index in [4.69, 9.17) is 4.74 Å². The highest BCUT2D eigenvalue weighted by Gasteiger charge is 2.20. The number of hydrogen-bond acceptors (Lipinski definition) is 4. The van der Waals surface area contributed by atoms with Crippen molar-refractivity contribution in [2.24, 2.45) is 0 Å². The molecular weight excluding hydrogens is 144 g/mol. The Kier molecular flexibility index (Phi) is 2.19. The Morgan fingerprint density at radius 3 is 2.73 bits per heavy atom. The summed E-state index contributed by atoms with van der Waals surface area (Å²) in [4.78, 5) is 0. The molecule has 0 radical (unpaired) electrons. The number of methoxy groups -OCH3 is 1. The van der Waals surface area contributed by atoms with Crippen molar-refractivity contribution in [2.75, 3.05) is 13.7 Å². The highest BCUT2D eigenvalue weighted by atomic mass is 16.5. The van der Waals surface area contributed by atoms with Crippen LogP contribution in [0.1, 0.15) is 13.8 Å². The second-order valence-electron chi connectivity index (χ2n) is 3.00. The maximum Gasteiger partial charge on any atom is 0.138 e. The zero-order valence-electron chi connectivity index (χ0n) is 6.98. The van der Waals surface area contributed by atoms with Gasteiger partial charge in [-0.25, -0.2) is 4.68 Å². The smallest absolute Gasteiger partial charge is 0.138 e. The van der Waals surface area contributed by atoms with Crippen molar-refractivity contribution >= 4 is 0 Å². The lowest BCUT2D eigenvalue weighted by Crippen LogP contribution is -2.32. The molecule has 0 fully saturated rings. The van der Waals surface area contributed by atoms with Crippen LogP contribution in [-0.2, 0) is 10.3 Å². The van der Waals surface area contributed by atoms with E-state index in [2.05, 4.69) is 15.5 Å². The van der Waals surface area contributed by atoms with E-state index >= 15 is 0 Å². The number of ether oxygens (including phenoxy) is 1. The Balaban J connectivity index is 2.73. The molecule has 0 aliphatic rings. The van der Waals surface area contributed by atoms with Gasteiger partial charge in [-0.3, -0.25) is 0 Å². The molecule has 1 heterocycles. The van der Waals surface area contributed by atoms with E-state index in [1.54, 1.807) is 18.1 Å². The molecule has 0 aromatic carbocycles. The molecule has 0 spiro atoms. The highest BCUT2D eigenvalue weighted by Crippen LogP contribution is 2.11. The normalized spacial score (nSPS) is 11.9. The fraction of sp³-hybridized carbons (Fsp3) is 0.833. The van der Waals surface area contributed by atoms with Gasteiger partial charge in [0, 0.05) is 7.11 Å². The van der Waals surface area contributed by atoms with Crippen molar-refractivity contribution in [1.29, 1.82) is 0 Å². The van der Waals surface area contributed by atoms with Crippen molar-refractivity contribution < 1.29 is 4.74 Å². The number of nitrogens with zero attached hydrogens (tertiary/aromatic N) is 4. The van der Waals surface area contributed by atoms with Crippen LogP contribution in [0.4, 0.5) is 0 Å². The zero-order valence-corrected chi connectivity index (χ0v) is 6.98. The standard InChI is InChI=1S/C6H12N4O/c1-6(2,4-11-3)10-5-7-8-9-10/h5H,4H2,1-3H3. The summed E-state index contributed by atoms with van der Waals surface area (Å²) in [5.74, 6) is 0. The summed E-state index contributed by atoms with van der Waals surface area (Å²) in [6, 6.07) is 0. The van der Waals surface area contributed by atoms with Gasteiger partial charge < -0.3 is 4.74 Å². The summed E-state index contributed by atoms with van der Waals surface area (Å²) in [5, 5.41) is 10.9. The molecule has 5 nitrogen and oxygen atoms in total. The van der Waals surface area contributed by atoms with E-state index in [9.17, 15) is 0 Å². The second kappa shape index (κ2) is 2.96. The van der Waals surface area contributed by atoms with Crippen molar-refractivity contribution in [3.8, 4) is 0 Å². The number of tetrazole rings is 1. The Morgan fingerprint density at radius 1 is 1.55 bits per heavy atom. The van der Waals surface area contributed by atoms with Crippen LogP contribution in [0.2, 0.25) is 0 Å². The van der Waals surface area contributed by atoms with Gasteiger partial charge in [-0.1, -0.05) is 0 Å². The van der Waals surface area contributed by atoms with Crippen LogP contribution in [0.15, 0.2) is 6.33 Å². The first-order valence-corrected chi connectivity index (χ1v) is 3.39. The first kappa shape index (κ1) is 8.13. The number of hydrogen-bond donors (Lipinski definition) is 0. The highest BCUT2D eigenvalue weighted by molar-refractivity contribution is 4.73. The van der Waals surface area contributed by atoms with Crippen LogP contribution in [0.5, 0.6) is 0 Å². The molecule has 0 N–H and O–H groups in total. The molecule has 0 amide bonds. The molecule has 1 rings (SSSR count). The van der Waals surface area contributed by atoms with Gasteiger partial charge >= 0.3 is 0 Å². The fourth-order valence-corrected chi connectivity index (χ4v) is 0.858. The van der Waals surface area contributed by atoms with Crippen LogP contribution in [0.25, 0.3) is 0 Å². The molecule has 1 aromatic heterocycles. The lowest BCUT2D eigenvalue weighted by molar-refractivity contribution is 0.0999. The van der Waals surface area contributed by atoms with E-state index in [-0.39, 0.29) is 5.54 Å². The molecule has 11 heavy (non-hydrogen) atoms. The molecule has 0 saturated carbocycles. The maximum atomic E-state index is 5.01. The third-order valence-corrected chi connectivity index (χ3v) is 1.47. The van der Waals surface area contributed by atoms with Gasteiger partial charge in [0.1, 0.15) is 6.33 Å². The predicted octanol–water partition coefficient (Wildman–Crippen LogP) is 0.0546. The zero-order chi connectivity index (χ0) is 8.32. The summed E-state index contributed by atoms with van der Waals surface area (Å²) in [6.07, 6.45) is 1.58. The molecule has 0 atom stereocenters. The topological polar surface area (TPSA) is 52.8 Å². The lowest BCUT2D eigenvalue weighted by atomic mass is 10.1. The molecule has 62 valence electrons. The van der Waals surface area contributed by atoms with E-state index < -0.39 is 0 Å². The van der Waals surface area contributed by atoms with Gasteiger partial charge in [-0.05, 0) is 24.3 Å². The predicted molar refractivity (Wildman–Crippen MR) is 39.0 cm³/mol. The number of rotatable bonds is 3. The van der Waals surface area contributed by atoms with Crippen molar-refractivity contribution in [3.63, 3.8) is 0 Å². The van der Waals surface area contributed by atoms with E-state index in [0.29, 0.717) is 6.61 Å². The molecule has 0 unspecified atom stereocenters. The van der Waals surface area contributed by atoms with Crippen molar-refractivity contribution in [1.82, 2.24) is 20.2 Å². The monoisotopic (exact) mass is 156 g/mol. The number of aromatic nitrogens is 4. The molecule has 0 saturated heterocycles.